The van der Waals surface area contributed by atoms with E-state index in [4.69, 9.17) is 9.57 Å². The maximum absolute atomic E-state index is 12.3. The summed E-state index contributed by atoms with van der Waals surface area (Å²) in [6.07, 6.45) is 3.68. The highest BCUT2D eigenvalue weighted by Gasteiger charge is 2.46. The Bertz CT molecular complexity index is 430. The van der Waals surface area contributed by atoms with Crippen molar-refractivity contribution in [1.29, 1.82) is 0 Å². The molecule has 0 aromatic rings. The van der Waals surface area contributed by atoms with Crippen molar-refractivity contribution in [3.05, 3.63) is 36.5 Å². The van der Waals surface area contributed by atoms with Gasteiger partial charge in [-0.1, -0.05) is 24.3 Å². The molecule has 2 aliphatic heterocycles. The predicted octanol–water partition coefficient (Wildman–Crippen LogP) is 1.74. The van der Waals surface area contributed by atoms with Crippen LogP contribution in [0.15, 0.2) is 36.5 Å². The summed E-state index contributed by atoms with van der Waals surface area (Å²) in [4.78, 5) is 19.6. The van der Waals surface area contributed by atoms with E-state index in [1.807, 2.05) is 6.92 Å². The molecule has 0 N–H and O–H groups in total. The summed E-state index contributed by atoms with van der Waals surface area (Å²) < 4.78 is 5.18. The molecule has 0 radical (unpaired) electrons. The lowest BCUT2D eigenvalue weighted by Gasteiger charge is -2.29. The van der Waals surface area contributed by atoms with Gasteiger partial charge in [-0.3, -0.25) is 4.84 Å². The maximum atomic E-state index is 12.3. The van der Waals surface area contributed by atoms with Crippen LogP contribution in [-0.4, -0.2) is 54.9 Å². The molecule has 0 aromatic heterocycles. The molecule has 1 fully saturated rings. The maximum Gasteiger partial charge on any atom is 0.345 e. The normalized spacial score (nSPS) is 25.6. The van der Waals surface area contributed by atoms with Crippen LogP contribution in [0, 0.1) is 0 Å². The summed E-state index contributed by atoms with van der Waals surface area (Å²) in [6, 6.07) is -0.266. The highest BCUT2D eigenvalue weighted by molar-refractivity contribution is 5.79. The Labute approximate surface area is 113 Å². The van der Waals surface area contributed by atoms with E-state index in [0.29, 0.717) is 19.8 Å². The number of rotatable bonds is 6. The molecule has 0 aromatic carbocycles. The second-order valence-corrected chi connectivity index (χ2v) is 4.79. The van der Waals surface area contributed by atoms with Gasteiger partial charge in [0, 0.05) is 7.11 Å². The fourth-order valence-corrected chi connectivity index (χ4v) is 2.52. The van der Waals surface area contributed by atoms with Gasteiger partial charge in [0.25, 0.3) is 0 Å². The third-order valence-electron chi connectivity index (χ3n) is 3.38. The van der Waals surface area contributed by atoms with E-state index in [1.165, 1.54) is 5.06 Å². The van der Waals surface area contributed by atoms with Crippen LogP contribution in [0.2, 0.25) is 0 Å². The van der Waals surface area contributed by atoms with Gasteiger partial charge in [0.1, 0.15) is 6.04 Å². The van der Waals surface area contributed by atoms with Crippen molar-refractivity contribution in [3.63, 3.8) is 0 Å². The predicted molar refractivity (Wildman–Crippen MR) is 72.4 cm³/mol. The van der Waals surface area contributed by atoms with Gasteiger partial charge in [0.15, 0.2) is 0 Å². The fraction of sp³-hybridized carbons (Fsp3) is 0.500. The van der Waals surface area contributed by atoms with Crippen LogP contribution < -0.4 is 0 Å². The molecular formula is C14H20N2O3. The molecule has 2 aliphatic rings. The van der Waals surface area contributed by atoms with Crippen molar-refractivity contribution >= 4 is 6.03 Å². The first-order valence-electron chi connectivity index (χ1n) is 6.30. The number of urea groups is 1. The lowest BCUT2D eigenvalue weighted by molar-refractivity contribution is -0.109. The third kappa shape index (κ3) is 2.43. The molecule has 19 heavy (non-hydrogen) atoms. The van der Waals surface area contributed by atoms with Crippen LogP contribution in [0.5, 0.6) is 0 Å². The summed E-state index contributed by atoms with van der Waals surface area (Å²) in [7, 11) is 1.63. The van der Waals surface area contributed by atoms with Crippen molar-refractivity contribution in [1.82, 2.24) is 9.96 Å². The van der Waals surface area contributed by atoms with E-state index in [0.717, 1.165) is 11.1 Å². The molecule has 2 unspecified atom stereocenters. The van der Waals surface area contributed by atoms with Crippen molar-refractivity contribution in [2.45, 2.75) is 19.0 Å². The Hall–Kier alpha value is -1.59. The largest absolute Gasteiger partial charge is 0.382 e. The fourth-order valence-electron chi connectivity index (χ4n) is 2.52. The number of hydrogen-bond acceptors (Lipinski definition) is 3. The summed E-state index contributed by atoms with van der Waals surface area (Å²) in [6.45, 7) is 10.9. The van der Waals surface area contributed by atoms with Gasteiger partial charge in [-0.25, -0.2) is 4.79 Å². The summed E-state index contributed by atoms with van der Waals surface area (Å²) in [5.74, 6) is 0. The number of methoxy groups -OCH3 is 1. The van der Waals surface area contributed by atoms with E-state index in [2.05, 4.69) is 19.2 Å². The van der Waals surface area contributed by atoms with Crippen LogP contribution >= 0.6 is 0 Å². The van der Waals surface area contributed by atoms with Crippen LogP contribution in [0.1, 0.15) is 6.92 Å². The lowest BCUT2D eigenvalue weighted by atomic mass is 9.95. The number of carbonyl (C=O) groups is 1. The molecule has 104 valence electrons. The first kappa shape index (κ1) is 13.8. The Morgan fingerprint density at radius 2 is 2.37 bits per heavy atom. The standard InChI is InChI=1S/C14H20N2O3/c1-5-6-19-16-13-8-15(14(16)17)11(9-18-4)7-12(13)10(2)3/h5,7,11,13H,1-2,6,8-9H2,3-4H3. The topological polar surface area (TPSA) is 42.0 Å². The number of carbonyl (C=O) groups excluding carboxylic acids is 1. The molecule has 0 saturated carbocycles. The summed E-state index contributed by atoms with van der Waals surface area (Å²) in [5, 5.41) is 1.43. The molecule has 2 amide bonds. The first-order valence-corrected chi connectivity index (χ1v) is 6.30. The Morgan fingerprint density at radius 3 is 2.95 bits per heavy atom. The molecular weight excluding hydrogens is 244 g/mol. The lowest BCUT2D eigenvalue weighted by Crippen LogP contribution is -2.41. The number of hydroxylamine groups is 2. The monoisotopic (exact) mass is 264 g/mol. The SMILES string of the molecule is C=CCON1C(=O)N2CC1C(C(=C)C)=CC2COC. The van der Waals surface area contributed by atoms with Gasteiger partial charge < -0.3 is 9.64 Å². The molecule has 0 spiro atoms. The quantitative estimate of drug-likeness (QED) is 0.686. The molecule has 0 aliphatic carbocycles. The van der Waals surface area contributed by atoms with Crippen LogP contribution in [0.3, 0.4) is 0 Å². The molecule has 2 atom stereocenters. The highest BCUT2D eigenvalue weighted by Crippen LogP contribution is 2.33. The Kier molecular flexibility index (Phi) is 4.07. The number of fused-ring (bicyclic) bond motifs is 2. The number of nitrogens with zero attached hydrogens (tertiary/aromatic N) is 2. The highest BCUT2D eigenvalue weighted by atomic mass is 16.7. The molecule has 2 heterocycles. The first-order chi connectivity index (χ1) is 9.10. The van der Waals surface area contributed by atoms with E-state index in [9.17, 15) is 4.79 Å². The Morgan fingerprint density at radius 1 is 1.63 bits per heavy atom. The molecule has 5 nitrogen and oxygen atoms in total. The molecule has 2 rings (SSSR count). The van der Waals surface area contributed by atoms with Crippen molar-refractivity contribution in [3.8, 4) is 0 Å². The molecule has 1 saturated heterocycles. The zero-order chi connectivity index (χ0) is 14.0. The van der Waals surface area contributed by atoms with E-state index in [1.54, 1.807) is 18.1 Å². The minimum Gasteiger partial charge on any atom is -0.382 e. The minimum atomic E-state index is -0.124. The Balaban J connectivity index is 2.27. The number of amides is 2. The average molecular weight is 264 g/mol. The smallest absolute Gasteiger partial charge is 0.345 e. The zero-order valence-electron chi connectivity index (χ0n) is 11.5. The van der Waals surface area contributed by atoms with Gasteiger partial charge in [0.05, 0.1) is 25.8 Å². The van der Waals surface area contributed by atoms with Crippen molar-refractivity contribution in [2.24, 2.45) is 0 Å². The van der Waals surface area contributed by atoms with Crippen molar-refractivity contribution in [2.75, 3.05) is 26.9 Å². The third-order valence-corrected chi connectivity index (χ3v) is 3.38. The van der Waals surface area contributed by atoms with E-state index < -0.39 is 0 Å². The van der Waals surface area contributed by atoms with Gasteiger partial charge in [-0.2, -0.15) is 5.06 Å². The van der Waals surface area contributed by atoms with Gasteiger partial charge in [0.2, 0.25) is 0 Å². The molecule has 5 heteroatoms. The van der Waals surface area contributed by atoms with Crippen molar-refractivity contribution < 1.29 is 14.4 Å². The van der Waals surface area contributed by atoms with Gasteiger partial charge >= 0.3 is 6.03 Å². The molecule has 2 bridgehead atoms. The second kappa shape index (κ2) is 5.59. The average Bonchev–Trinajstić information content (AvgIpc) is 2.64. The van der Waals surface area contributed by atoms with E-state index >= 15 is 0 Å². The number of hydrogen-bond donors (Lipinski definition) is 0. The summed E-state index contributed by atoms with van der Waals surface area (Å²) >= 11 is 0. The van der Waals surface area contributed by atoms with Gasteiger partial charge in [-0.15, -0.1) is 6.58 Å². The number of ether oxygens (including phenoxy) is 1. The summed E-state index contributed by atoms with van der Waals surface area (Å²) in [5.41, 5.74) is 2.00. The van der Waals surface area contributed by atoms with Gasteiger partial charge in [-0.05, 0) is 12.5 Å². The van der Waals surface area contributed by atoms with Crippen LogP contribution in [0.25, 0.3) is 0 Å². The zero-order valence-corrected chi connectivity index (χ0v) is 11.5. The van der Waals surface area contributed by atoms with E-state index in [-0.39, 0.29) is 18.1 Å². The second-order valence-electron chi connectivity index (χ2n) is 4.79. The van der Waals surface area contributed by atoms with Crippen LogP contribution in [-0.2, 0) is 9.57 Å². The van der Waals surface area contributed by atoms with Crippen LogP contribution in [0.4, 0.5) is 4.79 Å². The minimum absolute atomic E-state index is 0.0576.